The number of nitrogens with zero attached hydrogens (tertiary/aromatic N) is 4. The molecule has 0 saturated heterocycles. The minimum atomic E-state index is -0.868. The number of fused-ring (bicyclic) bond motifs is 4. The van der Waals surface area contributed by atoms with Crippen LogP contribution in [0.4, 0.5) is 0 Å². The molecule has 1 aliphatic carbocycles. The van der Waals surface area contributed by atoms with Crippen LogP contribution in [0, 0.1) is 0 Å². The molecule has 0 bridgehead atoms. The Morgan fingerprint density at radius 1 is 1.06 bits per heavy atom. The van der Waals surface area contributed by atoms with E-state index >= 15 is 0 Å². The summed E-state index contributed by atoms with van der Waals surface area (Å²) in [4.78, 5) is 19.4. The predicted molar refractivity (Wildman–Crippen MR) is 145 cm³/mol. The van der Waals surface area contributed by atoms with E-state index in [0.717, 1.165) is 50.4 Å². The molecule has 0 spiro atoms. The van der Waals surface area contributed by atoms with Gasteiger partial charge in [0.05, 0.1) is 16.8 Å². The Hall–Kier alpha value is -3.12. The fourth-order valence-electron chi connectivity index (χ4n) is 6.69. The minimum Gasteiger partial charge on any atom is -0.478 e. The van der Waals surface area contributed by atoms with Crippen LogP contribution in [-0.4, -0.2) is 43.2 Å². The molecule has 188 valence electrons. The maximum absolute atomic E-state index is 11.9. The molecule has 0 amide bonds. The number of aromatic nitrogens is 3. The van der Waals surface area contributed by atoms with Gasteiger partial charge in [-0.2, -0.15) is 0 Å². The van der Waals surface area contributed by atoms with Gasteiger partial charge in [0.1, 0.15) is 5.69 Å². The van der Waals surface area contributed by atoms with Crippen LogP contribution in [-0.2, 0) is 19.6 Å². The summed E-state index contributed by atoms with van der Waals surface area (Å²) >= 11 is 0. The van der Waals surface area contributed by atoms with E-state index in [-0.39, 0.29) is 0 Å². The maximum atomic E-state index is 11.9. The van der Waals surface area contributed by atoms with Gasteiger partial charge in [0.25, 0.3) is 0 Å². The first kappa shape index (κ1) is 23.3. The van der Waals surface area contributed by atoms with E-state index in [0.29, 0.717) is 11.5 Å². The largest absolute Gasteiger partial charge is 0.478 e. The molecule has 6 nitrogen and oxygen atoms in total. The summed E-state index contributed by atoms with van der Waals surface area (Å²) in [7, 11) is 0. The van der Waals surface area contributed by atoms with Crippen molar-refractivity contribution >= 4 is 27.8 Å². The molecule has 1 saturated carbocycles. The Morgan fingerprint density at radius 2 is 1.86 bits per heavy atom. The molecule has 6 rings (SSSR count). The molecule has 0 radical (unpaired) electrons. The molecule has 1 aliphatic heterocycles. The lowest BCUT2D eigenvalue weighted by molar-refractivity contribution is 0.0697. The number of benzene rings is 1. The van der Waals surface area contributed by atoms with Crippen molar-refractivity contribution in [2.24, 2.45) is 0 Å². The molecule has 2 aliphatic rings. The average Bonchev–Trinajstić information content (AvgIpc) is 3.41. The molecular formula is C30H36N4O2. The van der Waals surface area contributed by atoms with Crippen LogP contribution in [0.2, 0.25) is 0 Å². The fraction of sp³-hybridized carbons (Fsp3) is 0.467. The van der Waals surface area contributed by atoms with Crippen molar-refractivity contribution < 1.29 is 9.90 Å². The van der Waals surface area contributed by atoms with Gasteiger partial charge in [0.15, 0.2) is 0 Å². The maximum Gasteiger partial charge on any atom is 0.335 e. The highest BCUT2D eigenvalue weighted by Gasteiger charge is 2.30. The van der Waals surface area contributed by atoms with E-state index in [1.54, 1.807) is 6.07 Å². The summed E-state index contributed by atoms with van der Waals surface area (Å²) in [5, 5.41) is 12.3. The van der Waals surface area contributed by atoms with Crippen LogP contribution >= 0.6 is 0 Å². The van der Waals surface area contributed by atoms with Crippen molar-refractivity contribution in [2.45, 2.75) is 77.9 Å². The summed E-state index contributed by atoms with van der Waals surface area (Å²) in [6, 6.07) is 7.92. The van der Waals surface area contributed by atoms with Crippen molar-refractivity contribution in [3.63, 3.8) is 0 Å². The zero-order valence-corrected chi connectivity index (χ0v) is 21.5. The van der Waals surface area contributed by atoms with Gasteiger partial charge in [-0.25, -0.2) is 4.79 Å². The summed E-state index contributed by atoms with van der Waals surface area (Å²) < 4.78 is 4.83. The summed E-state index contributed by atoms with van der Waals surface area (Å²) in [6.07, 6.45) is 11.5. The summed E-state index contributed by atoms with van der Waals surface area (Å²) in [5.41, 5.74) is 7.68. The second kappa shape index (κ2) is 9.40. The molecule has 3 aromatic heterocycles. The second-order valence-electron chi connectivity index (χ2n) is 10.5. The lowest BCUT2D eigenvalue weighted by atomic mass is 9.82. The molecule has 4 heterocycles. The van der Waals surface area contributed by atoms with Gasteiger partial charge in [-0.1, -0.05) is 39.2 Å². The number of carboxylic acids is 1. The monoisotopic (exact) mass is 484 g/mol. The van der Waals surface area contributed by atoms with Crippen molar-refractivity contribution in [3.05, 3.63) is 53.3 Å². The first-order valence-corrected chi connectivity index (χ1v) is 13.7. The van der Waals surface area contributed by atoms with Crippen LogP contribution in [0.5, 0.6) is 0 Å². The van der Waals surface area contributed by atoms with Crippen LogP contribution in [0.3, 0.4) is 0 Å². The highest BCUT2D eigenvalue weighted by atomic mass is 16.4. The fourth-order valence-corrected chi connectivity index (χ4v) is 6.69. The smallest absolute Gasteiger partial charge is 0.335 e. The third-order valence-electron chi connectivity index (χ3n) is 8.53. The molecule has 4 aromatic rings. The standard InChI is InChI=1S/C30H36N4O2/c1-3-32(4-2)18-22-19-33-15-8-16-34-25-17-21(30(35)36)11-12-24(25)26(20-9-6-5-7-10-20)29(34)27-28(33)23(22)13-14-31-27/h11-14,17,19-20H,3-10,15-16,18H2,1-2H3,(H,35,36). The van der Waals surface area contributed by atoms with Gasteiger partial charge >= 0.3 is 5.97 Å². The van der Waals surface area contributed by atoms with Gasteiger partial charge in [-0.3, -0.25) is 9.88 Å². The third-order valence-corrected chi connectivity index (χ3v) is 8.53. The van der Waals surface area contributed by atoms with Gasteiger partial charge < -0.3 is 14.2 Å². The number of hydrogen-bond donors (Lipinski definition) is 1. The third kappa shape index (κ3) is 3.74. The highest BCUT2D eigenvalue weighted by Crippen LogP contribution is 2.46. The lowest BCUT2D eigenvalue weighted by Crippen LogP contribution is -2.21. The van der Waals surface area contributed by atoms with E-state index in [9.17, 15) is 9.90 Å². The van der Waals surface area contributed by atoms with Crippen molar-refractivity contribution in [2.75, 3.05) is 13.1 Å². The molecule has 36 heavy (non-hydrogen) atoms. The minimum absolute atomic E-state index is 0.358. The Labute approximate surface area is 212 Å². The van der Waals surface area contributed by atoms with Crippen LogP contribution in [0.1, 0.15) is 79.8 Å². The molecule has 0 atom stereocenters. The normalized spacial score (nSPS) is 16.4. The quantitative estimate of drug-likeness (QED) is 0.333. The van der Waals surface area contributed by atoms with Crippen LogP contribution < -0.4 is 0 Å². The van der Waals surface area contributed by atoms with E-state index < -0.39 is 5.97 Å². The number of rotatable bonds is 6. The van der Waals surface area contributed by atoms with E-state index in [2.05, 4.69) is 46.2 Å². The predicted octanol–water partition coefficient (Wildman–Crippen LogP) is 6.65. The van der Waals surface area contributed by atoms with E-state index in [1.807, 2.05) is 12.3 Å². The average molecular weight is 485 g/mol. The zero-order chi connectivity index (χ0) is 24.8. The number of aromatic carboxylic acids is 1. The number of aryl methyl sites for hydroxylation is 2. The Bertz CT molecular complexity index is 1440. The topological polar surface area (TPSA) is 63.3 Å². The second-order valence-corrected chi connectivity index (χ2v) is 10.5. The van der Waals surface area contributed by atoms with Gasteiger partial charge in [0, 0.05) is 48.3 Å². The first-order valence-electron chi connectivity index (χ1n) is 13.7. The van der Waals surface area contributed by atoms with Crippen LogP contribution in [0.15, 0.2) is 36.7 Å². The van der Waals surface area contributed by atoms with Crippen molar-refractivity contribution in [3.8, 4) is 11.4 Å². The molecule has 1 aromatic carbocycles. The van der Waals surface area contributed by atoms with Crippen molar-refractivity contribution in [1.82, 2.24) is 19.0 Å². The summed E-state index contributed by atoms with van der Waals surface area (Å²) in [5.74, 6) is -0.379. The Morgan fingerprint density at radius 3 is 2.61 bits per heavy atom. The number of carboxylic acid groups (broad SMARTS) is 1. The van der Waals surface area contributed by atoms with E-state index in [1.165, 1.54) is 65.2 Å². The number of pyridine rings is 1. The van der Waals surface area contributed by atoms with Gasteiger partial charge in [0.2, 0.25) is 0 Å². The van der Waals surface area contributed by atoms with Crippen LogP contribution in [0.25, 0.3) is 33.2 Å². The molecule has 0 unspecified atom stereocenters. The van der Waals surface area contributed by atoms with Gasteiger partial charge in [-0.15, -0.1) is 0 Å². The van der Waals surface area contributed by atoms with Gasteiger partial charge in [-0.05, 0) is 67.6 Å². The number of carbonyl (C=O) groups is 1. The number of hydrogen-bond acceptors (Lipinski definition) is 3. The first-order chi connectivity index (χ1) is 17.6. The molecule has 1 fully saturated rings. The Balaban J connectivity index is 1.64. The highest BCUT2D eigenvalue weighted by molar-refractivity contribution is 6.02. The zero-order valence-electron chi connectivity index (χ0n) is 21.5. The molecular weight excluding hydrogens is 448 g/mol. The summed E-state index contributed by atoms with van der Waals surface area (Å²) in [6.45, 7) is 9.27. The Kier molecular flexibility index (Phi) is 6.08. The lowest BCUT2D eigenvalue weighted by Gasteiger charge is -2.24. The molecule has 6 heteroatoms. The SMILES string of the molecule is CCN(CC)Cc1cn2c3c(nccc13)-c1c(C3CCCCC3)c3ccc(C(=O)O)cc3n1CCC2. The van der Waals surface area contributed by atoms with E-state index in [4.69, 9.17) is 4.98 Å². The van der Waals surface area contributed by atoms with Crippen molar-refractivity contribution in [1.29, 1.82) is 0 Å². The molecule has 1 N–H and O–H groups in total.